The predicted octanol–water partition coefficient (Wildman–Crippen LogP) is 3.95. The van der Waals surface area contributed by atoms with E-state index in [-0.39, 0.29) is 47.1 Å². The summed E-state index contributed by atoms with van der Waals surface area (Å²) in [5, 5.41) is 11.3. The summed E-state index contributed by atoms with van der Waals surface area (Å²) in [6.07, 6.45) is 0. The van der Waals surface area contributed by atoms with Gasteiger partial charge in [0.1, 0.15) is 9.96 Å². The standard InChI is InChI=1S/C19H16Cl2N2O4S2/c20-14-3-2-13-8-19(28-17(13)9-14)29(26,27)23-6-5-22(18(25)11-23)10-12-1-4-15(21)16(24)7-12/h1-4,7-9,24H,5-6,10-11H2. The summed E-state index contributed by atoms with van der Waals surface area (Å²) >= 11 is 12.9. The summed E-state index contributed by atoms with van der Waals surface area (Å²) in [7, 11) is -3.77. The molecule has 0 unspecified atom stereocenters. The maximum atomic E-state index is 13.0. The zero-order valence-electron chi connectivity index (χ0n) is 15.0. The van der Waals surface area contributed by atoms with Crippen LogP contribution in [0, 0.1) is 0 Å². The Labute approximate surface area is 181 Å². The molecule has 1 saturated heterocycles. The Hall–Kier alpha value is -1.84. The van der Waals surface area contributed by atoms with Gasteiger partial charge in [0.05, 0.1) is 11.6 Å². The van der Waals surface area contributed by atoms with Gasteiger partial charge in [-0.3, -0.25) is 4.79 Å². The number of fused-ring (bicyclic) bond motifs is 1. The molecule has 1 N–H and O–H groups in total. The first-order chi connectivity index (χ1) is 13.7. The van der Waals surface area contributed by atoms with Gasteiger partial charge in [0, 0.05) is 29.4 Å². The Balaban J connectivity index is 1.50. The molecular weight excluding hydrogens is 455 g/mol. The average molecular weight is 471 g/mol. The van der Waals surface area contributed by atoms with Crippen LogP contribution in [0.2, 0.25) is 10.0 Å². The van der Waals surface area contributed by atoms with Gasteiger partial charge in [-0.15, -0.1) is 11.3 Å². The van der Waals surface area contributed by atoms with Crippen LogP contribution in [0.4, 0.5) is 0 Å². The summed E-state index contributed by atoms with van der Waals surface area (Å²) in [4.78, 5) is 14.1. The molecule has 2 heterocycles. The predicted molar refractivity (Wildman–Crippen MR) is 114 cm³/mol. The van der Waals surface area contributed by atoms with E-state index in [1.54, 1.807) is 41.3 Å². The van der Waals surface area contributed by atoms with Crippen molar-refractivity contribution in [1.29, 1.82) is 0 Å². The van der Waals surface area contributed by atoms with Crippen molar-refractivity contribution in [2.24, 2.45) is 0 Å². The molecule has 0 aliphatic carbocycles. The maximum absolute atomic E-state index is 13.0. The van der Waals surface area contributed by atoms with Crippen molar-refractivity contribution in [3.8, 4) is 5.75 Å². The van der Waals surface area contributed by atoms with Crippen LogP contribution in [-0.2, 0) is 21.4 Å². The number of hydrogen-bond acceptors (Lipinski definition) is 5. The molecule has 4 rings (SSSR count). The highest BCUT2D eigenvalue weighted by Crippen LogP contribution is 2.33. The number of phenolic OH excluding ortho intramolecular Hbond substituents is 1. The van der Waals surface area contributed by atoms with Crippen molar-refractivity contribution in [2.75, 3.05) is 19.6 Å². The molecule has 10 heteroatoms. The number of rotatable bonds is 4. The van der Waals surface area contributed by atoms with Gasteiger partial charge < -0.3 is 10.0 Å². The number of carbonyl (C=O) groups excluding carboxylic acids is 1. The average Bonchev–Trinajstić information content (AvgIpc) is 3.10. The lowest BCUT2D eigenvalue weighted by Crippen LogP contribution is -2.51. The Morgan fingerprint density at radius 2 is 1.86 bits per heavy atom. The number of nitrogens with zero attached hydrogens (tertiary/aromatic N) is 2. The monoisotopic (exact) mass is 470 g/mol. The number of thiophene rings is 1. The highest BCUT2D eigenvalue weighted by molar-refractivity contribution is 7.91. The van der Waals surface area contributed by atoms with Gasteiger partial charge in [-0.1, -0.05) is 35.3 Å². The highest BCUT2D eigenvalue weighted by Gasteiger charge is 2.34. The first-order valence-corrected chi connectivity index (χ1v) is 11.7. The number of sulfonamides is 1. The van der Waals surface area contributed by atoms with Crippen LogP contribution >= 0.6 is 34.5 Å². The van der Waals surface area contributed by atoms with E-state index in [1.807, 2.05) is 0 Å². The molecule has 1 aliphatic rings. The van der Waals surface area contributed by atoms with E-state index in [9.17, 15) is 18.3 Å². The molecule has 1 amide bonds. The largest absolute Gasteiger partial charge is 0.506 e. The Morgan fingerprint density at radius 3 is 2.59 bits per heavy atom. The molecular formula is C19H16Cl2N2O4S2. The van der Waals surface area contributed by atoms with Crippen molar-refractivity contribution in [1.82, 2.24) is 9.21 Å². The highest BCUT2D eigenvalue weighted by atomic mass is 35.5. The summed E-state index contributed by atoms with van der Waals surface area (Å²) in [6.45, 7) is 0.510. The second-order valence-electron chi connectivity index (χ2n) is 6.69. The zero-order chi connectivity index (χ0) is 20.8. The van der Waals surface area contributed by atoms with Crippen molar-refractivity contribution in [3.63, 3.8) is 0 Å². The Morgan fingerprint density at radius 1 is 1.07 bits per heavy atom. The third-order valence-electron chi connectivity index (χ3n) is 4.72. The molecule has 29 heavy (non-hydrogen) atoms. The molecule has 1 aromatic heterocycles. The van der Waals surface area contributed by atoms with Crippen molar-refractivity contribution >= 4 is 60.6 Å². The topological polar surface area (TPSA) is 77.9 Å². The molecule has 152 valence electrons. The minimum Gasteiger partial charge on any atom is -0.506 e. The first-order valence-electron chi connectivity index (χ1n) is 8.68. The fraction of sp³-hybridized carbons (Fsp3) is 0.211. The molecule has 3 aromatic rings. The van der Waals surface area contributed by atoms with Gasteiger partial charge >= 0.3 is 0 Å². The van der Waals surface area contributed by atoms with Crippen LogP contribution in [-0.4, -0.2) is 48.3 Å². The molecule has 6 nitrogen and oxygen atoms in total. The van der Waals surface area contributed by atoms with Gasteiger partial charge in [0.2, 0.25) is 5.91 Å². The second-order valence-corrected chi connectivity index (χ2v) is 10.8. The zero-order valence-corrected chi connectivity index (χ0v) is 18.2. The molecule has 0 bridgehead atoms. The van der Waals surface area contributed by atoms with Gasteiger partial charge in [-0.2, -0.15) is 4.31 Å². The Bertz CT molecular complexity index is 1210. The number of piperazine rings is 1. The summed E-state index contributed by atoms with van der Waals surface area (Å²) in [5.74, 6) is -0.346. The van der Waals surface area contributed by atoms with Crippen LogP contribution in [0.5, 0.6) is 5.75 Å². The van der Waals surface area contributed by atoms with Crippen molar-refractivity contribution < 1.29 is 18.3 Å². The van der Waals surface area contributed by atoms with Gasteiger partial charge in [0.25, 0.3) is 10.0 Å². The van der Waals surface area contributed by atoms with Gasteiger partial charge in [-0.25, -0.2) is 8.42 Å². The van der Waals surface area contributed by atoms with Crippen LogP contribution in [0.3, 0.4) is 0 Å². The van der Waals surface area contributed by atoms with E-state index >= 15 is 0 Å². The molecule has 1 aliphatic heterocycles. The maximum Gasteiger partial charge on any atom is 0.253 e. The van der Waals surface area contributed by atoms with E-state index in [1.165, 1.54) is 10.4 Å². The summed E-state index contributed by atoms with van der Waals surface area (Å²) in [5.41, 5.74) is 0.720. The van der Waals surface area contributed by atoms with Gasteiger partial charge in [-0.05, 0) is 41.3 Å². The molecule has 2 aromatic carbocycles. The third-order valence-corrected chi connectivity index (χ3v) is 8.67. The third kappa shape index (κ3) is 4.08. The van der Waals surface area contributed by atoms with Crippen molar-refractivity contribution in [3.05, 3.63) is 58.1 Å². The smallest absolute Gasteiger partial charge is 0.253 e. The summed E-state index contributed by atoms with van der Waals surface area (Å²) < 4.78 is 28.2. The van der Waals surface area contributed by atoms with Crippen LogP contribution in [0.1, 0.15) is 5.56 Å². The number of hydrogen-bond donors (Lipinski definition) is 1. The number of aromatic hydroxyl groups is 1. The molecule has 1 fully saturated rings. The van der Waals surface area contributed by atoms with Crippen LogP contribution in [0.15, 0.2) is 46.7 Å². The fourth-order valence-electron chi connectivity index (χ4n) is 3.17. The van der Waals surface area contributed by atoms with Crippen LogP contribution in [0.25, 0.3) is 10.1 Å². The van der Waals surface area contributed by atoms with E-state index < -0.39 is 10.0 Å². The normalized spacial score (nSPS) is 15.9. The molecule has 0 atom stereocenters. The minimum atomic E-state index is -3.77. The SMILES string of the molecule is O=C1CN(S(=O)(=O)c2cc3ccc(Cl)cc3s2)CCN1Cc1ccc(Cl)c(O)c1. The van der Waals surface area contributed by atoms with E-state index in [2.05, 4.69) is 0 Å². The van der Waals surface area contributed by atoms with E-state index in [0.717, 1.165) is 27.0 Å². The summed E-state index contributed by atoms with van der Waals surface area (Å²) in [6, 6.07) is 11.6. The quantitative estimate of drug-likeness (QED) is 0.625. The van der Waals surface area contributed by atoms with Crippen molar-refractivity contribution in [2.45, 2.75) is 10.8 Å². The lowest BCUT2D eigenvalue weighted by atomic mass is 10.2. The number of phenols is 1. The number of carbonyl (C=O) groups is 1. The molecule has 0 spiro atoms. The van der Waals surface area contributed by atoms with E-state index in [4.69, 9.17) is 23.2 Å². The number of halogens is 2. The lowest BCUT2D eigenvalue weighted by molar-refractivity contribution is -0.134. The fourth-order valence-corrected chi connectivity index (χ4v) is 6.50. The number of benzene rings is 2. The van der Waals surface area contributed by atoms with E-state index in [0.29, 0.717) is 5.02 Å². The number of amides is 1. The molecule has 0 radical (unpaired) electrons. The first kappa shape index (κ1) is 20.4. The minimum absolute atomic E-state index is 0.0531. The lowest BCUT2D eigenvalue weighted by Gasteiger charge is -2.33. The Kier molecular flexibility index (Phi) is 5.48. The van der Waals surface area contributed by atoms with Gasteiger partial charge in [0.15, 0.2) is 0 Å². The molecule has 0 saturated carbocycles. The second kappa shape index (κ2) is 7.77. The van der Waals surface area contributed by atoms with Crippen LogP contribution < -0.4 is 0 Å².